The normalized spacial score (nSPS) is 16.9. The largest absolute Gasteiger partial charge is 0.355 e. The average Bonchev–Trinajstić information content (AvgIpc) is 3.17. The maximum atomic E-state index is 12.4. The Labute approximate surface area is 154 Å². The molecule has 1 atom stereocenters. The molecule has 0 radical (unpaired) electrons. The van der Waals surface area contributed by atoms with E-state index in [1.54, 1.807) is 0 Å². The van der Waals surface area contributed by atoms with Crippen LogP contribution in [0.5, 0.6) is 0 Å². The van der Waals surface area contributed by atoms with E-state index in [0.29, 0.717) is 0 Å². The van der Waals surface area contributed by atoms with Crippen molar-refractivity contribution >= 4 is 28.3 Å². The number of benzene rings is 1. The highest BCUT2D eigenvalue weighted by Crippen LogP contribution is 2.29. The summed E-state index contributed by atoms with van der Waals surface area (Å²) in [7, 11) is 0. The van der Waals surface area contributed by atoms with Crippen molar-refractivity contribution in [3.8, 4) is 0 Å². The molecule has 5 nitrogen and oxygen atoms in total. The van der Waals surface area contributed by atoms with Crippen molar-refractivity contribution < 1.29 is 4.79 Å². The maximum Gasteiger partial charge on any atom is 0.223 e. The lowest BCUT2D eigenvalue weighted by Gasteiger charge is -2.33. The predicted octanol–water partition coefficient (Wildman–Crippen LogP) is 3.62. The van der Waals surface area contributed by atoms with Crippen molar-refractivity contribution in [2.24, 2.45) is 5.92 Å². The van der Waals surface area contributed by atoms with Crippen LogP contribution >= 0.6 is 0 Å². The van der Waals surface area contributed by atoms with Crippen LogP contribution in [0.4, 0.5) is 5.82 Å². The molecule has 4 rings (SSSR count). The van der Waals surface area contributed by atoms with Crippen molar-refractivity contribution in [2.75, 3.05) is 18.0 Å². The number of para-hydroxylation sites is 2. The third-order valence-corrected chi connectivity index (χ3v) is 5.51. The van der Waals surface area contributed by atoms with E-state index >= 15 is 0 Å². The topological polar surface area (TPSA) is 49.6 Å². The summed E-state index contributed by atoms with van der Waals surface area (Å²) in [6, 6.07) is 12.7. The highest BCUT2D eigenvalue weighted by molar-refractivity contribution is 5.85. The first-order valence-corrected chi connectivity index (χ1v) is 9.58. The number of piperidine rings is 1. The molecule has 0 spiro atoms. The summed E-state index contributed by atoms with van der Waals surface area (Å²) in [6.45, 7) is 5.90. The van der Waals surface area contributed by atoms with Crippen LogP contribution in [0.25, 0.3) is 16.6 Å². The molecule has 1 saturated heterocycles. The van der Waals surface area contributed by atoms with Crippen molar-refractivity contribution in [1.29, 1.82) is 0 Å². The van der Waals surface area contributed by atoms with Gasteiger partial charge in [-0.1, -0.05) is 19.1 Å². The Bertz CT molecular complexity index is 924. The van der Waals surface area contributed by atoms with Gasteiger partial charge in [0.2, 0.25) is 5.91 Å². The van der Waals surface area contributed by atoms with Gasteiger partial charge >= 0.3 is 0 Å². The summed E-state index contributed by atoms with van der Waals surface area (Å²) in [4.78, 5) is 19.7. The first-order valence-electron chi connectivity index (χ1n) is 9.58. The van der Waals surface area contributed by atoms with Gasteiger partial charge in [0.15, 0.2) is 5.82 Å². The molecule has 1 aliphatic rings. The molecule has 0 bridgehead atoms. The SMILES string of the molecule is CC[C@@H](C)NC(=O)C1CCN(c2nc3ccccc3n3cccc23)CC1. The second kappa shape index (κ2) is 6.98. The molecule has 0 saturated carbocycles. The minimum atomic E-state index is 0.114. The molecule has 1 fully saturated rings. The average molecular weight is 350 g/mol. The lowest BCUT2D eigenvalue weighted by atomic mass is 9.95. The number of hydrogen-bond acceptors (Lipinski definition) is 3. The molecule has 1 aromatic carbocycles. The van der Waals surface area contributed by atoms with Crippen LogP contribution in [-0.2, 0) is 4.79 Å². The first-order chi connectivity index (χ1) is 12.7. The van der Waals surface area contributed by atoms with E-state index in [1.807, 2.05) is 12.1 Å². The summed E-state index contributed by atoms with van der Waals surface area (Å²) in [6.07, 6.45) is 4.82. The van der Waals surface area contributed by atoms with Gasteiger partial charge in [-0.05, 0) is 50.5 Å². The lowest BCUT2D eigenvalue weighted by Crippen LogP contribution is -2.43. The van der Waals surface area contributed by atoms with Crippen molar-refractivity contribution in [3.05, 3.63) is 42.6 Å². The van der Waals surface area contributed by atoms with Crippen LogP contribution in [0.15, 0.2) is 42.6 Å². The van der Waals surface area contributed by atoms with E-state index in [1.165, 1.54) is 0 Å². The monoisotopic (exact) mass is 350 g/mol. The third kappa shape index (κ3) is 3.02. The quantitative estimate of drug-likeness (QED) is 0.782. The Hall–Kier alpha value is -2.56. The molecule has 3 heterocycles. The molecule has 1 amide bonds. The number of nitrogens with one attached hydrogen (secondary N) is 1. The van der Waals surface area contributed by atoms with E-state index in [2.05, 4.69) is 58.9 Å². The van der Waals surface area contributed by atoms with Gasteiger partial charge in [-0.3, -0.25) is 4.79 Å². The maximum absolute atomic E-state index is 12.4. The fourth-order valence-corrected chi connectivity index (χ4v) is 3.76. The summed E-state index contributed by atoms with van der Waals surface area (Å²) < 4.78 is 2.21. The van der Waals surface area contributed by atoms with Gasteiger partial charge < -0.3 is 14.6 Å². The fraction of sp³-hybridized carbons (Fsp3) is 0.429. The van der Waals surface area contributed by atoms with E-state index in [0.717, 1.165) is 54.7 Å². The number of amides is 1. The number of aromatic nitrogens is 2. The molecule has 3 aromatic rings. The number of hydrogen-bond donors (Lipinski definition) is 1. The second-order valence-corrected chi connectivity index (χ2v) is 7.27. The second-order valence-electron chi connectivity index (χ2n) is 7.27. The highest BCUT2D eigenvalue weighted by atomic mass is 16.1. The molecule has 26 heavy (non-hydrogen) atoms. The lowest BCUT2D eigenvalue weighted by molar-refractivity contribution is -0.126. The van der Waals surface area contributed by atoms with E-state index in [4.69, 9.17) is 4.98 Å². The molecule has 136 valence electrons. The Morgan fingerprint density at radius 2 is 1.92 bits per heavy atom. The zero-order valence-corrected chi connectivity index (χ0v) is 15.5. The summed E-state index contributed by atoms with van der Waals surface area (Å²) in [5.74, 6) is 1.34. The Balaban J connectivity index is 1.56. The van der Waals surface area contributed by atoms with E-state index in [9.17, 15) is 4.79 Å². The number of anilines is 1. The molecule has 1 N–H and O–H groups in total. The Morgan fingerprint density at radius 1 is 1.19 bits per heavy atom. The van der Waals surface area contributed by atoms with Crippen LogP contribution < -0.4 is 10.2 Å². The van der Waals surface area contributed by atoms with Gasteiger partial charge in [0, 0.05) is 31.2 Å². The van der Waals surface area contributed by atoms with Gasteiger partial charge in [0.1, 0.15) is 0 Å². The summed E-state index contributed by atoms with van der Waals surface area (Å²) in [5.41, 5.74) is 3.26. The molecule has 0 aliphatic carbocycles. The Kier molecular flexibility index (Phi) is 4.53. The van der Waals surface area contributed by atoms with Gasteiger partial charge in [-0.2, -0.15) is 0 Å². The molecular weight excluding hydrogens is 324 g/mol. The minimum absolute atomic E-state index is 0.114. The van der Waals surface area contributed by atoms with Gasteiger partial charge in [0.05, 0.1) is 16.6 Å². The molecular formula is C21H26N4O. The van der Waals surface area contributed by atoms with Crippen molar-refractivity contribution in [3.63, 3.8) is 0 Å². The molecule has 1 aliphatic heterocycles. The zero-order chi connectivity index (χ0) is 18.1. The number of nitrogens with zero attached hydrogens (tertiary/aromatic N) is 3. The standard InChI is InChI=1S/C21H26N4O/c1-3-15(2)22-21(26)16-10-13-24(14-11-16)20-19-9-6-12-25(19)18-8-5-4-7-17(18)23-20/h4-9,12,15-16H,3,10-11,13-14H2,1-2H3,(H,22,26)/t15-/m1/s1. The number of rotatable bonds is 4. The molecule has 5 heteroatoms. The smallest absolute Gasteiger partial charge is 0.223 e. The van der Waals surface area contributed by atoms with E-state index in [-0.39, 0.29) is 17.9 Å². The Morgan fingerprint density at radius 3 is 2.69 bits per heavy atom. The zero-order valence-electron chi connectivity index (χ0n) is 15.5. The fourth-order valence-electron chi connectivity index (χ4n) is 3.76. The summed E-state index contributed by atoms with van der Waals surface area (Å²) >= 11 is 0. The molecule has 2 aromatic heterocycles. The third-order valence-electron chi connectivity index (χ3n) is 5.51. The van der Waals surface area contributed by atoms with Gasteiger partial charge in [-0.25, -0.2) is 4.98 Å². The number of fused-ring (bicyclic) bond motifs is 3. The first kappa shape index (κ1) is 16.9. The summed E-state index contributed by atoms with van der Waals surface area (Å²) in [5, 5.41) is 3.13. The van der Waals surface area contributed by atoms with Crippen LogP contribution in [-0.4, -0.2) is 34.4 Å². The van der Waals surface area contributed by atoms with Gasteiger partial charge in [0.25, 0.3) is 0 Å². The van der Waals surface area contributed by atoms with Crippen LogP contribution in [0, 0.1) is 5.92 Å². The predicted molar refractivity (Wildman–Crippen MR) is 106 cm³/mol. The highest BCUT2D eigenvalue weighted by Gasteiger charge is 2.27. The number of carbonyl (C=O) groups is 1. The van der Waals surface area contributed by atoms with Crippen molar-refractivity contribution in [1.82, 2.24) is 14.7 Å². The van der Waals surface area contributed by atoms with E-state index < -0.39 is 0 Å². The van der Waals surface area contributed by atoms with Crippen LogP contribution in [0.3, 0.4) is 0 Å². The van der Waals surface area contributed by atoms with Crippen molar-refractivity contribution in [2.45, 2.75) is 39.2 Å². The number of carbonyl (C=O) groups excluding carboxylic acids is 1. The van der Waals surface area contributed by atoms with Gasteiger partial charge in [-0.15, -0.1) is 0 Å². The van der Waals surface area contributed by atoms with Crippen LogP contribution in [0.2, 0.25) is 0 Å². The van der Waals surface area contributed by atoms with Crippen LogP contribution in [0.1, 0.15) is 33.1 Å². The minimum Gasteiger partial charge on any atom is -0.355 e. The molecule has 0 unspecified atom stereocenters.